The van der Waals surface area contributed by atoms with Crippen LogP contribution in [-0.2, 0) is 12.8 Å². The maximum Gasteiger partial charge on any atom is 0.163 e. The molecule has 2 rings (SSSR count). The van der Waals surface area contributed by atoms with Crippen molar-refractivity contribution in [2.75, 3.05) is 0 Å². The SMILES string of the molecule is CC(C)(C)Cc1nc(CC(C)(C)C)nc(-c2ccccc2)n1. The predicted octanol–water partition coefficient (Wildman–Crippen LogP) is 4.72. The average molecular weight is 297 g/mol. The summed E-state index contributed by atoms with van der Waals surface area (Å²) >= 11 is 0. The predicted molar refractivity (Wildman–Crippen MR) is 91.6 cm³/mol. The molecule has 0 aliphatic rings. The lowest BCUT2D eigenvalue weighted by molar-refractivity contribution is 0.387. The van der Waals surface area contributed by atoms with Crippen molar-refractivity contribution in [2.24, 2.45) is 10.8 Å². The number of aromatic nitrogens is 3. The van der Waals surface area contributed by atoms with Gasteiger partial charge in [0.1, 0.15) is 11.6 Å². The molecule has 1 aromatic carbocycles. The van der Waals surface area contributed by atoms with Crippen LogP contribution in [0.3, 0.4) is 0 Å². The molecule has 0 N–H and O–H groups in total. The van der Waals surface area contributed by atoms with E-state index in [9.17, 15) is 0 Å². The Bertz CT molecular complexity index is 585. The summed E-state index contributed by atoms with van der Waals surface area (Å²) < 4.78 is 0. The zero-order chi connectivity index (χ0) is 16.4. The maximum absolute atomic E-state index is 4.71. The lowest BCUT2D eigenvalue weighted by atomic mass is 9.91. The standard InChI is InChI=1S/C19H27N3/c1-18(2,3)12-15-20-16(13-19(4,5)6)22-17(21-15)14-10-8-7-9-11-14/h7-11H,12-13H2,1-6H3. The first-order valence-electron chi connectivity index (χ1n) is 7.92. The third kappa shape index (κ3) is 5.21. The van der Waals surface area contributed by atoms with Gasteiger partial charge in [-0.05, 0) is 10.8 Å². The van der Waals surface area contributed by atoms with Gasteiger partial charge < -0.3 is 0 Å². The Labute approximate surface area is 134 Å². The summed E-state index contributed by atoms with van der Waals surface area (Å²) in [6.45, 7) is 13.3. The van der Waals surface area contributed by atoms with Gasteiger partial charge in [-0.3, -0.25) is 0 Å². The first-order chi connectivity index (χ1) is 10.1. The smallest absolute Gasteiger partial charge is 0.163 e. The fraction of sp³-hybridized carbons (Fsp3) is 0.526. The Kier molecular flexibility index (Phi) is 4.64. The van der Waals surface area contributed by atoms with Crippen LogP contribution in [0.1, 0.15) is 53.2 Å². The summed E-state index contributed by atoms with van der Waals surface area (Å²) in [4.78, 5) is 14.1. The quantitative estimate of drug-likeness (QED) is 0.823. The summed E-state index contributed by atoms with van der Waals surface area (Å²) in [5, 5.41) is 0. The van der Waals surface area contributed by atoms with E-state index in [1.54, 1.807) is 0 Å². The molecular weight excluding hydrogens is 270 g/mol. The first kappa shape index (κ1) is 16.6. The van der Waals surface area contributed by atoms with Crippen LogP contribution in [0, 0.1) is 10.8 Å². The summed E-state index contributed by atoms with van der Waals surface area (Å²) in [6, 6.07) is 10.2. The van der Waals surface area contributed by atoms with Crippen LogP contribution in [0.25, 0.3) is 11.4 Å². The molecule has 3 heteroatoms. The fourth-order valence-electron chi connectivity index (χ4n) is 2.29. The highest BCUT2D eigenvalue weighted by Crippen LogP contribution is 2.23. The summed E-state index contributed by atoms with van der Waals surface area (Å²) in [5.41, 5.74) is 1.37. The molecule has 2 aromatic rings. The van der Waals surface area contributed by atoms with Crippen LogP contribution in [0.5, 0.6) is 0 Å². The van der Waals surface area contributed by atoms with Gasteiger partial charge in [0.15, 0.2) is 5.82 Å². The molecule has 0 aliphatic carbocycles. The molecule has 0 amide bonds. The van der Waals surface area contributed by atoms with Crippen LogP contribution in [0.15, 0.2) is 30.3 Å². The van der Waals surface area contributed by atoms with Gasteiger partial charge in [-0.2, -0.15) is 0 Å². The molecule has 118 valence electrons. The van der Waals surface area contributed by atoms with E-state index in [0.717, 1.165) is 35.9 Å². The van der Waals surface area contributed by atoms with E-state index >= 15 is 0 Å². The molecule has 1 heterocycles. The lowest BCUT2D eigenvalue weighted by Gasteiger charge is -2.20. The Balaban J connectivity index is 2.44. The first-order valence-corrected chi connectivity index (χ1v) is 7.92. The second-order valence-electron chi connectivity index (χ2n) is 8.33. The van der Waals surface area contributed by atoms with Crippen molar-refractivity contribution < 1.29 is 0 Å². The Morgan fingerprint density at radius 3 is 1.55 bits per heavy atom. The molecular formula is C19H27N3. The number of benzene rings is 1. The Hall–Kier alpha value is -1.77. The fourth-order valence-corrected chi connectivity index (χ4v) is 2.29. The van der Waals surface area contributed by atoms with E-state index < -0.39 is 0 Å². The Morgan fingerprint density at radius 1 is 0.682 bits per heavy atom. The van der Waals surface area contributed by atoms with Crippen molar-refractivity contribution in [1.29, 1.82) is 0 Å². The minimum Gasteiger partial charge on any atom is -0.218 e. The van der Waals surface area contributed by atoms with Gasteiger partial charge in [0.25, 0.3) is 0 Å². The summed E-state index contributed by atoms with van der Waals surface area (Å²) in [6.07, 6.45) is 1.71. The molecule has 0 unspecified atom stereocenters. The van der Waals surface area contributed by atoms with Crippen LogP contribution in [0.2, 0.25) is 0 Å². The topological polar surface area (TPSA) is 38.7 Å². The third-order valence-corrected chi connectivity index (χ3v) is 3.14. The van der Waals surface area contributed by atoms with Crippen molar-refractivity contribution in [1.82, 2.24) is 15.0 Å². The minimum atomic E-state index is 0.161. The average Bonchev–Trinajstić information content (AvgIpc) is 2.35. The van der Waals surface area contributed by atoms with Crippen molar-refractivity contribution in [3.8, 4) is 11.4 Å². The molecule has 0 atom stereocenters. The van der Waals surface area contributed by atoms with E-state index in [1.807, 2.05) is 18.2 Å². The van der Waals surface area contributed by atoms with Crippen LogP contribution >= 0.6 is 0 Å². The highest BCUT2D eigenvalue weighted by atomic mass is 15.0. The van der Waals surface area contributed by atoms with Crippen LogP contribution < -0.4 is 0 Å². The largest absolute Gasteiger partial charge is 0.218 e. The van der Waals surface area contributed by atoms with Gasteiger partial charge in [-0.1, -0.05) is 71.9 Å². The zero-order valence-corrected chi connectivity index (χ0v) is 14.6. The van der Waals surface area contributed by atoms with E-state index in [1.165, 1.54) is 0 Å². The van der Waals surface area contributed by atoms with Crippen molar-refractivity contribution in [2.45, 2.75) is 54.4 Å². The van der Waals surface area contributed by atoms with Gasteiger partial charge in [-0.15, -0.1) is 0 Å². The van der Waals surface area contributed by atoms with Crippen molar-refractivity contribution in [3.05, 3.63) is 42.0 Å². The van der Waals surface area contributed by atoms with E-state index in [0.29, 0.717) is 0 Å². The van der Waals surface area contributed by atoms with Gasteiger partial charge >= 0.3 is 0 Å². The van der Waals surface area contributed by atoms with Crippen LogP contribution in [-0.4, -0.2) is 15.0 Å². The van der Waals surface area contributed by atoms with Gasteiger partial charge in [0.2, 0.25) is 0 Å². The van der Waals surface area contributed by atoms with Gasteiger partial charge in [-0.25, -0.2) is 15.0 Å². The minimum absolute atomic E-state index is 0.161. The highest BCUT2D eigenvalue weighted by Gasteiger charge is 2.19. The molecule has 0 aliphatic heterocycles. The van der Waals surface area contributed by atoms with E-state index in [4.69, 9.17) is 15.0 Å². The molecule has 0 saturated heterocycles. The van der Waals surface area contributed by atoms with Crippen molar-refractivity contribution in [3.63, 3.8) is 0 Å². The third-order valence-electron chi connectivity index (χ3n) is 3.14. The number of nitrogens with zero attached hydrogens (tertiary/aromatic N) is 3. The molecule has 0 saturated carbocycles. The molecule has 0 fully saturated rings. The van der Waals surface area contributed by atoms with Gasteiger partial charge in [0.05, 0.1) is 0 Å². The van der Waals surface area contributed by atoms with E-state index in [-0.39, 0.29) is 10.8 Å². The molecule has 0 radical (unpaired) electrons. The number of hydrogen-bond donors (Lipinski definition) is 0. The van der Waals surface area contributed by atoms with E-state index in [2.05, 4.69) is 53.7 Å². The van der Waals surface area contributed by atoms with Crippen molar-refractivity contribution >= 4 is 0 Å². The molecule has 0 spiro atoms. The van der Waals surface area contributed by atoms with Crippen LogP contribution in [0.4, 0.5) is 0 Å². The number of rotatable bonds is 3. The normalized spacial score (nSPS) is 12.5. The maximum atomic E-state index is 4.71. The summed E-state index contributed by atoms with van der Waals surface area (Å²) in [7, 11) is 0. The molecule has 1 aromatic heterocycles. The molecule has 22 heavy (non-hydrogen) atoms. The highest BCUT2D eigenvalue weighted by molar-refractivity contribution is 5.54. The second-order valence-corrected chi connectivity index (χ2v) is 8.33. The monoisotopic (exact) mass is 297 g/mol. The Morgan fingerprint density at radius 2 is 1.14 bits per heavy atom. The molecule has 0 bridgehead atoms. The second kappa shape index (κ2) is 6.15. The summed E-state index contributed by atoms with van der Waals surface area (Å²) in [5.74, 6) is 2.57. The lowest BCUT2D eigenvalue weighted by Crippen LogP contribution is -2.17. The molecule has 3 nitrogen and oxygen atoms in total. The number of hydrogen-bond acceptors (Lipinski definition) is 3. The zero-order valence-electron chi connectivity index (χ0n) is 14.6. The van der Waals surface area contributed by atoms with Gasteiger partial charge in [0, 0.05) is 18.4 Å².